The highest BCUT2D eigenvalue weighted by Crippen LogP contribution is 2.22. The molecule has 1 aliphatic rings. The van der Waals surface area contributed by atoms with E-state index >= 15 is 0 Å². The van der Waals surface area contributed by atoms with Gasteiger partial charge in [-0.15, -0.1) is 0 Å². The number of carbonyl (C=O) groups excluding carboxylic acids is 2. The van der Waals surface area contributed by atoms with E-state index in [2.05, 4.69) is 48.6 Å². The van der Waals surface area contributed by atoms with E-state index in [1.165, 1.54) is 21.9 Å². The lowest BCUT2D eigenvalue weighted by Crippen LogP contribution is -2.49. The van der Waals surface area contributed by atoms with E-state index in [9.17, 15) is 9.59 Å². The average Bonchev–Trinajstić information content (AvgIpc) is 3.34. The van der Waals surface area contributed by atoms with Crippen LogP contribution in [-0.4, -0.2) is 28.8 Å². The lowest BCUT2D eigenvalue weighted by Gasteiger charge is -2.30. The SMILES string of the molecule is Cc1ccc(CN(C(=O)CCc2cccc3ccccc23)[C@@H](C)C(=O)NC2CCCC2)cc1. The molecule has 0 spiro atoms. The molecule has 2 amide bonds. The Hall–Kier alpha value is -3.14. The molecule has 4 nitrogen and oxygen atoms in total. The molecule has 0 aromatic heterocycles. The smallest absolute Gasteiger partial charge is 0.242 e. The summed E-state index contributed by atoms with van der Waals surface area (Å²) in [5.74, 6) is -0.0369. The second-order valence-electron chi connectivity index (χ2n) is 9.31. The largest absolute Gasteiger partial charge is 0.352 e. The van der Waals surface area contributed by atoms with Crippen molar-refractivity contribution >= 4 is 22.6 Å². The van der Waals surface area contributed by atoms with Crippen LogP contribution in [0.4, 0.5) is 0 Å². The summed E-state index contributed by atoms with van der Waals surface area (Å²) >= 11 is 0. The Morgan fingerprint density at radius 1 is 0.970 bits per heavy atom. The van der Waals surface area contributed by atoms with Gasteiger partial charge in [0, 0.05) is 19.0 Å². The highest BCUT2D eigenvalue weighted by atomic mass is 16.2. The van der Waals surface area contributed by atoms with Gasteiger partial charge in [-0.2, -0.15) is 0 Å². The van der Waals surface area contributed by atoms with Crippen LogP contribution in [0, 0.1) is 6.92 Å². The van der Waals surface area contributed by atoms with Crippen LogP contribution in [0.25, 0.3) is 10.8 Å². The molecule has 1 atom stereocenters. The van der Waals surface area contributed by atoms with Crippen molar-refractivity contribution in [2.75, 3.05) is 0 Å². The third-order valence-corrected chi connectivity index (χ3v) is 6.83. The van der Waals surface area contributed by atoms with Crippen LogP contribution in [0.3, 0.4) is 0 Å². The summed E-state index contributed by atoms with van der Waals surface area (Å²) in [6.45, 7) is 4.34. The highest BCUT2D eigenvalue weighted by molar-refractivity contribution is 5.89. The molecule has 0 unspecified atom stereocenters. The van der Waals surface area contributed by atoms with E-state index in [0.29, 0.717) is 19.4 Å². The molecule has 1 aliphatic carbocycles. The maximum atomic E-state index is 13.5. The molecule has 3 aromatic carbocycles. The standard InChI is InChI=1S/C29H34N2O2/c1-21-14-16-23(17-15-21)20-31(22(2)29(33)30-26-11-4-5-12-26)28(32)19-18-25-10-7-9-24-8-3-6-13-27(24)25/h3,6-10,13-17,22,26H,4-5,11-12,18-20H2,1-2H3,(H,30,33)/t22-/m0/s1. The number of carbonyl (C=O) groups is 2. The van der Waals surface area contributed by atoms with Crippen LogP contribution in [0.2, 0.25) is 0 Å². The minimum Gasteiger partial charge on any atom is -0.352 e. The van der Waals surface area contributed by atoms with Crippen molar-refractivity contribution in [1.29, 1.82) is 0 Å². The van der Waals surface area contributed by atoms with Crippen molar-refractivity contribution < 1.29 is 9.59 Å². The van der Waals surface area contributed by atoms with Crippen LogP contribution in [0.15, 0.2) is 66.7 Å². The summed E-state index contributed by atoms with van der Waals surface area (Å²) in [6.07, 6.45) is 5.42. The Bertz CT molecular complexity index is 1090. The molecular formula is C29H34N2O2. The average molecular weight is 443 g/mol. The van der Waals surface area contributed by atoms with E-state index in [-0.39, 0.29) is 17.9 Å². The first kappa shape index (κ1) is 23.0. The predicted molar refractivity (Wildman–Crippen MR) is 134 cm³/mol. The fourth-order valence-corrected chi connectivity index (χ4v) is 4.76. The van der Waals surface area contributed by atoms with Crippen LogP contribution in [0.1, 0.15) is 55.7 Å². The van der Waals surface area contributed by atoms with Gasteiger partial charge in [0.2, 0.25) is 11.8 Å². The molecule has 0 heterocycles. The molecule has 4 rings (SSSR count). The maximum absolute atomic E-state index is 13.5. The fraction of sp³-hybridized carbons (Fsp3) is 0.379. The van der Waals surface area contributed by atoms with Crippen molar-refractivity contribution in [2.45, 2.75) is 71.0 Å². The third-order valence-electron chi connectivity index (χ3n) is 6.83. The van der Waals surface area contributed by atoms with Crippen molar-refractivity contribution in [1.82, 2.24) is 10.2 Å². The molecule has 172 valence electrons. The van der Waals surface area contributed by atoms with Crippen molar-refractivity contribution in [3.8, 4) is 0 Å². The lowest BCUT2D eigenvalue weighted by molar-refractivity contribution is -0.140. The fourth-order valence-electron chi connectivity index (χ4n) is 4.76. The van der Waals surface area contributed by atoms with E-state index < -0.39 is 6.04 Å². The van der Waals surface area contributed by atoms with Gasteiger partial charge in [0.25, 0.3) is 0 Å². The third kappa shape index (κ3) is 5.81. The number of benzene rings is 3. The Morgan fingerprint density at radius 3 is 2.42 bits per heavy atom. The molecular weight excluding hydrogens is 408 g/mol. The predicted octanol–water partition coefficient (Wildman–Crippen LogP) is 5.56. The Balaban J connectivity index is 1.50. The maximum Gasteiger partial charge on any atom is 0.242 e. The topological polar surface area (TPSA) is 49.4 Å². The summed E-state index contributed by atoms with van der Waals surface area (Å²) in [5.41, 5.74) is 3.39. The van der Waals surface area contributed by atoms with Crippen molar-refractivity contribution in [3.05, 3.63) is 83.4 Å². The summed E-state index contributed by atoms with van der Waals surface area (Å²) in [5, 5.41) is 5.54. The second-order valence-corrected chi connectivity index (χ2v) is 9.31. The first-order valence-corrected chi connectivity index (χ1v) is 12.1. The zero-order valence-electron chi connectivity index (χ0n) is 19.7. The molecule has 3 aromatic rings. The van der Waals surface area contributed by atoms with Crippen LogP contribution >= 0.6 is 0 Å². The Morgan fingerprint density at radius 2 is 1.67 bits per heavy atom. The summed E-state index contributed by atoms with van der Waals surface area (Å²) in [4.78, 5) is 28.2. The van der Waals surface area contributed by atoms with Gasteiger partial charge >= 0.3 is 0 Å². The van der Waals surface area contributed by atoms with E-state index in [1.807, 2.05) is 37.3 Å². The van der Waals surface area contributed by atoms with Gasteiger partial charge in [-0.3, -0.25) is 9.59 Å². The van der Waals surface area contributed by atoms with Gasteiger partial charge in [-0.05, 0) is 55.0 Å². The van der Waals surface area contributed by atoms with Crippen LogP contribution < -0.4 is 5.32 Å². The molecule has 1 fully saturated rings. The number of hydrogen-bond donors (Lipinski definition) is 1. The van der Waals surface area contributed by atoms with E-state index in [4.69, 9.17) is 0 Å². The monoisotopic (exact) mass is 442 g/mol. The number of hydrogen-bond acceptors (Lipinski definition) is 2. The molecule has 1 saturated carbocycles. The quantitative estimate of drug-likeness (QED) is 0.497. The molecule has 0 aliphatic heterocycles. The van der Waals surface area contributed by atoms with Crippen LogP contribution in [0.5, 0.6) is 0 Å². The summed E-state index contributed by atoms with van der Waals surface area (Å²) < 4.78 is 0. The van der Waals surface area contributed by atoms with Gasteiger partial charge in [-0.25, -0.2) is 0 Å². The highest BCUT2D eigenvalue weighted by Gasteiger charge is 2.28. The van der Waals surface area contributed by atoms with Crippen molar-refractivity contribution in [2.24, 2.45) is 0 Å². The number of nitrogens with one attached hydrogen (secondary N) is 1. The molecule has 33 heavy (non-hydrogen) atoms. The zero-order chi connectivity index (χ0) is 23.2. The number of nitrogens with zero attached hydrogens (tertiary/aromatic N) is 1. The minimum absolute atomic E-state index is 0.0116. The molecule has 4 heteroatoms. The number of fused-ring (bicyclic) bond motifs is 1. The molecule has 1 N–H and O–H groups in total. The Kier molecular flexibility index (Phi) is 7.43. The minimum atomic E-state index is -0.507. The van der Waals surface area contributed by atoms with Crippen molar-refractivity contribution in [3.63, 3.8) is 0 Å². The van der Waals surface area contributed by atoms with Gasteiger partial charge in [0.05, 0.1) is 0 Å². The lowest BCUT2D eigenvalue weighted by atomic mass is 10.0. The summed E-state index contributed by atoms with van der Waals surface area (Å²) in [7, 11) is 0. The number of amides is 2. The second kappa shape index (κ2) is 10.7. The van der Waals surface area contributed by atoms with Gasteiger partial charge in [0.1, 0.15) is 6.04 Å². The van der Waals surface area contributed by atoms with Crippen LogP contribution in [-0.2, 0) is 22.6 Å². The van der Waals surface area contributed by atoms with E-state index in [0.717, 1.165) is 31.2 Å². The first-order chi connectivity index (χ1) is 16.0. The van der Waals surface area contributed by atoms with E-state index in [1.54, 1.807) is 4.90 Å². The van der Waals surface area contributed by atoms with Gasteiger partial charge in [0.15, 0.2) is 0 Å². The van der Waals surface area contributed by atoms with Gasteiger partial charge < -0.3 is 10.2 Å². The first-order valence-electron chi connectivity index (χ1n) is 12.1. The zero-order valence-corrected chi connectivity index (χ0v) is 19.7. The van der Waals surface area contributed by atoms with Gasteiger partial charge in [-0.1, -0.05) is 85.1 Å². The molecule has 0 saturated heterocycles. The Labute approximate surface area is 197 Å². The molecule has 0 radical (unpaired) electrons. The number of aryl methyl sites for hydroxylation is 2. The summed E-state index contributed by atoms with van der Waals surface area (Å²) in [6, 6.07) is 22.4. The molecule has 0 bridgehead atoms. The number of rotatable bonds is 8. The normalized spacial score (nSPS) is 14.8.